The number of carbonyl (C=O) groups is 1. The van der Waals surface area contributed by atoms with Crippen molar-refractivity contribution in [3.63, 3.8) is 0 Å². The van der Waals surface area contributed by atoms with Gasteiger partial charge in [-0.2, -0.15) is 0 Å². The average Bonchev–Trinajstić information content (AvgIpc) is 3.45. The number of fused-ring (bicyclic) bond motifs is 1. The van der Waals surface area contributed by atoms with Gasteiger partial charge < -0.3 is 4.74 Å². The van der Waals surface area contributed by atoms with E-state index in [4.69, 9.17) is 21.3 Å². The normalized spacial score (nSPS) is 16.7. The number of ether oxygens (including phenoxy) is 1. The molecule has 2 heterocycles. The van der Waals surface area contributed by atoms with E-state index in [9.17, 15) is 13.2 Å². The van der Waals surface area contributed by atoms with Gasteiger partial charge in [0.25, 0.3) is 5.91 Å². The Hall–Kier alpha value is -2.00. The Labute approximate surface area is 197 Å². The fraction of sp³-hybridized carbons (Fsp3) is 0.391. The van der Waals surface area contributed by atoms with Crippen LogP contribution in [-0.4, -0.2) is 43.8 Å². The monoisotopic (exact) mass is 492 g/mol. The fourth-order valence-electron chi connectivity index (χ4n) is 3.68. The van der Waals surface area contributed by atoms with E-state index in [0.29, 0.717) is 28.9 Å². The van der Waals surface area contributed by atoms with Gasteiger partial charge in [0.05, 0.1) is 38.0 Å². The molecule has 0 bridgehead atoms. The first-order chi connectivity index (χ1) is 15.2. The SMILES string of the molecule is Cc1ccc(Cl)c2sc(N(CC3CCCO3)C(=O)c3cccc(S(=O)(=O)C(C)C)c3)nc12. The Balaban J connectivity index is 1.77. The van der Waals surface area contributed by atoms with Crippen LogP contribution in [-0.2, 0) is 14.6 Å². The zero-order valence-corrected chi connectivity index (χ0v) is 20.6. The summed E-state index contributed by atoms with van der Waals surface area (Å²) in [7, 11) is -3.50. The minimum atomic E-state index is -3.50. The van der Waals surface area contributed by atoms with Crippen molar-refractivity contribution in [1.29, 1.82) is 0 Å². The number of thiazole rings is 1. The number of aromatic nitrogens is 1. The molecule has 1 unspecified atom stereocenters. The molecule has 1 aliphatic rings. The van der Waals surface area contributed by atoms with Crippen LogP contribution in [0.2, 0.25) is 5.02 Å². The molecule has 3 aromatic rings. The Kier molecular flexibility index (Phi) is 6.58. The fourth-order valence-corrected chi connectivity index (χ4v) is 6.11. The van der Waals surface area contributed by atoms with Crippen molar-refractivity contribution in [3.05, 3.63) is 52.5 Å². The molecule has 1 saturated heterocycles. The first-order valence-corrected chi connectivity index (χ1v) is 13.3. The summed E-state index contributed by atoms with van der Waals surface area (Å²) in [6.07, 6.45) is 1.71. The molecule has 2 aromatic carbocycles. The number of carbonyl (C=O) groups excluding carboxylic acids is 1. The molecule has 1 aliphatic heterocycles. The molecule has 1 atom stereocenters. The van der Waals surface area contributed by atoms with E-state index in [2.05, 4.69) is 0 Å². The highest BCUT2D eigenvalue weighted by Gasteiger charge is 2.29. The molecule has 0 N–H and O–H groups in total. The summed E-state index contributed by atoms with van der Waals surface area (Å²) in [5, 5.41) is 0.530. The number of amides is 1. The standard InChI is InChI=1S/C23H25ClN2O4S2/c1-14(2)32(28,29)18-8-4-6-16(12-18)22(27)26(13-17-7-5-11-30-17)23-25-20-15(3)9-10-19(24)21(20)31-23/h4,6,8-10,12,14,17H,5,7,11,13H2,1-3H3. The van der Waals surface area contributed by atoms with Crippen LogP contribution in [0.25, 0.3) is 10.2 Å². The van der Waals surface area contributed by atoms with Gasteiger partial charge in [-0.25, -0.2) is 13.4 Å². The maximum Gasteiger partial charge on any atom is 0.260 e. The predicted molar refractivity (Wildman–Crippen MR) is 129 cm³/mol. The number of halogens is 1. The van der Waals surface area contributed by atoms with Crippen LogP contribution in [0.5, 0.6) is 0 Å². The summed E-state index contributed by atoms with van der Waals surface area (Å²) in [6, 6.07) is 9.94. The van der Waals surface area contributed by atoms with Gasteiger partial charge in [-0.1, -0.05) is 35.1 Å². The van der Waals surface area contributed by atoms with E-state index >= 15 is 0 Å². The molecule has 1 amide bonds. The van der Waals surface area contributed by atoms with Gasteiger partial charge in [-0.05, 0) is 63.4 Å². The Morgan fingerprint density at radius 1 is 1.31 bits per heavy atom. The second-order valence-corrected chi connectivity index (χ2v) is 12.1. The minimum Gasteiger partial charge on any atom is -0.376 e. The number of benzene rings is 2. The third kappa shape index (κ3) is 4.41. The summed E-state index contributed by atoms with van der Waals surface area (Å²) < 4.78 is 31.9. The van der Waals surface area contributed by atoms with Crippen molar-refractivity contribution in [2.24, 2.45) is 0 Å². The van der Waals surface area contributed by atoms with Gasteiger partial charge in [-0.15, -0.1) is 0 Å². The number of nitrogens with zero attached hydrogens (tertiary/aromatic N) is 2. The lowest BCUT2D eigenvalue weighted by Crippen LogP contribution is -2.37. The van der Waals surface area contributed by atoms with Gasteiger partial charge in [0.15, 0.2) is 15.0 Å². The quantitative estimate of drug-likeness (QED) is 0.468. The summed E-state index contributed by atoms with van der Waals surface area (Å²) in [4.78, 5) is 20.1. The first-order valence-electron chi connectivity index (χ1n) is 10.5. The van der Waals surface area contributed by atoms with Crippen molar-refractivity contribution in [1.82, 2.24) is 4.98 Å². The third-order valence-corrected chi connectivity index (χ3v) is 9.29. The molecule has 32 heavy (non-hydrogen) atoms. The first kappa shape index (κ1) is 23.2. The molecule has 9 heteroatoms. The molecule has 6 nitrogen and oxygen atoms in total. The smallest absolute Gasteiger partial charge is 0.260 e. The summed E-state index contributed by atoms with van der Waals surface area (Å²) in [6.45, 7) is 6.21. The predicted octanol–water partition coefficient (Wildman–Crippen LogP) is 5.27. The minimum absolute atomic E-state index is 0.0925. The number of hydrogen-bond acceptors (Lipinski definition) is 6. The van der Waals surface area contributed by atoms with Crippen LogP contribution in [0, 0.1) is 6.92 Å². The van der Waals surface area contributed by atoms with Crippen LogP contribution in [0.3, 0.4) is 0 Å². The molecular formula is C23H25ClN2O4S2. The van der Waals surface area contributed by atoms with Crippen LogP contribution >= 0.6 is 22.9 Å². The molecule has 1 aromatic heterocycles. The van der Waals surface area contributed by atoms with Gasteiger partial charge in [0.2, 0.25) is 0 Å². The van der Waals surface area contributed by atoms with E-state index in [1.165, 1.54) is 23.5 Å². The van der Waals surface area contributed by atoms with Crippen molar-refractivity contribution in [2.75, 3.05) is 18.1 Å². The van der Waals surface area contributed by atoms with E-state index in [1.54, 1.807) is 30.9 Å². The molecule has 0 radical (unpaired) electrons. The van der Waals surface area contributed by atoms with Gasteiger partial charge >= 0.3 is 0 Å². The van der Waals surface area contributed by atoms with Crippen molar-refractivity contribution < 1.29 is 17.9 Å². The number of sulfone groups is 1. The zero-order chi connectivity index (χ0) is 23.0. The molecule has 0 aliphatic carbocycles. The molecule has 0 saturated carbocycles. The molecular weight excluding hydrogens is 468 g/mol. The molecule has 1 fully saturated rings. The Bertz CT molecular complexity index is 1230. The molecule has 0 spiro atoms. The van der Waals surface area contributed by atoms with E-state index in [-0.39, 0.29) is 16.9 Å². The molecule has 170 valence electrons. The van der Waals surface area contributed by atoms with Gasteiger partial charge in [0, 0.05) is 12.2 Å². The van der Waals surface area contributed by atoms with Gasteiger partial charge in [-0.3, -0.25) is 9.69 Å². The largest absolute Gasteiger partial charge is 0.376 e. The zero-order valence-electron chi connectivity index (χ0n) is 18.2. The number of aryl methyl sites for hydroxylation is 1. The number of anilines is 1. The highest BCUT2D eigenvalue weighted by atomic mass is 35.5. The van der Waals surface area contributed by atoms with Crippen LogP contribution in [0.4, 0.5) is 5.13 Å². The number of rotatable bonds is 6. The van der Waals surface area contributed by atoms with E-state index in [0.717, 1.165) is 28.6 Å². The summed E-state index contributed by atoms with van der Waals surface area (Å²) in [5.41, 5.74) is 2.03. The molecule has 4 rings (SSSR count). The van der Waals surface area contributed by atoms with Crippen LogP contribution in [0.15, 0.2) is 41.3 Å². The highest BCUT2D eigenvalue weighted by molar-refractivity contribution is 7.92. The van der Waals surface area contributed by atoms with Crippen LogP contribution in [0.1, 0.15) is 42.6 Å². The van der Waals surface area contributed by atoms with Crippen molar-refractivity contribution in [3.8, 4) is 0 Å². The topological polar surface area (TPSA) is 76.6 Å². The Morgan fingerprint density at radius 2 is 2.09 bits per heavy atom. The second-order valence-electron chi connectivity index (χ2n) is 8.21. The summed E-state index contributed by atoms with van der Waals surface area (Å²) in [5.74, 6) is -0.311. The Morgan fingerprint density at radius 3 is 2.75 bits per heavy atom. The van der Waals surface area contributed by atoms with Crippen LogP contribution < -0.4 is 4.90 Å². The lowest BCUT2D eigenvalue weighted by molar-refractivity contribution is 0.0917. The van der Waals surface area contributed by atoms with Crippen molar-refractivity contribution >= 4 is 54.0 Å². The third-order valence-electron chi connectivity index (χ3n) is 5.60. The lowest BCUT2D eigenvalue weighted by atomic mass is 10.1. The van der Waals surface area contributed by atoms with E-state index < -0.39 is 15.1 Å². The maximum absolute atomic E-state index is 13.6. The van der Waals surface area contributed by atoms with Gasteiger partial charge in [0.1, 0.15) is 0 Å². The average molecular weight is 493 g/mol. The highest BCUT2D eigenvalue weighted by Crippen LogP contribution is 2.36. The van der Waals surface area contributed by atoms with E-state index in [1.807, 2.05) is 19.1 Å². The summed E-state index contributed by atoms with van der Waals surface area (Å²) >= 11 is 7.75. The maximum atomic E-state index is 13.6. The lowest BCUT2D eigenvalue weighted by Gasteiger charge is -2.23. The van der Waals surface area contributed by atoms with Crippen molar-refractivity contribution in [2.45, 2.75) is 49.9 Å². The second kappa shape index (κ2) is 9.09. The number of hydrogen-bond donors (Lipinski definition) is 0.